The number of likely N-dealkylation sites (N-methyl/N-ethyl adjacent to an activating group) is 1. The number of hydrogen-bond donors (Lipinski definition) is 1. The molecule has 1 aliphatic rings. The number of aliphatic hydroxyl groups is 1. The Hall–Kier alpha value is -0.620. The molecule has 2 rings (SSSR count). The number of rotatable bonds is 6. The van der Waals surface area contributed by atoms with Crippen molar-refractivity contribution < 1.29 is 5.11 Å². The van der Waals surface area contributed by atoms with Crippen molar-refractivity contribution in [2.75, 3.05) is 33.7 Å². The molecule has 0 spiro atoms. The number of likely N-dealkylation sites (tertiary alicyclic amines) is 1. The standard InChI is InChI=1S/C15H27ClN4O/c1-15(2,19-7-5-6-8-19)14(21)13-12(16)11-17-20(13)10-9-18(3)4/h11,14,21H,5-10H2,1-4H3. The minimum absolute atomic E-state index is 0.337. The average molecular weight is 315 g/mol. The van der Waals surface area contributed by atoms with Gasteiger partial charge in [-0.05, 0) is 53.9 Å². The van der Waals surface area contributed by atoms with Crippen molar-refractivity contribution in [3.8, 4) is 0 Å². The van der Waals surface area contributed by atoms with Crippen molar-refractivity contribution in [2.24, 2.45) is 0 Å². The van der Waals surface area contributed by atoms with Gasteiger partial charge >= 0.3 is 0 Å². The zero-order valence-corrected chi connectivity index (χ0v) is 14.3. The van der Waals surface area contributed by atoms with Crippen molar-refractivity contribution in [2.45, 2.75) is 44.9 Å². The van der Waals surface area contributed by atoms with Gasteiger partial charge in [-0.25, -0.2) is 0 Å². The number of halogens is 1. The lowest BCUT2D eigenvalue weighted by Gasteiger charge is -2.39. The van der Waals surface area contributed by atoms with Crippen LogP contribution in [0, 0.1) is 0 Å². The summed E-state index contributed by atoms with van der Waals surface area (Å²) in [6, 6.07) is 0. The quantitative estimate of drug-likeness (QED) is 0.872. The van der Waals surface area contributed by atoms with E-state index in [0.29, 0.717) is 5.02 Å². The second-order valence-corrected chi connectivity index (χ2v) is 7.06. The van der Waals surface area contributed by atoms with Gasteiger partial charge in [-0.3, -0.25) is 9.58 Å². The highest BCUT2D eigenvalue weighted by Gasteiger charge is 2.39. The molecular formula is C15H27ClN4O. The van der Waals surface area contributed by atoms with E-state index in [1.807, 2.05) is 18.8 Å². The van der Waals surface area contributed by atoms with Gasteiger partial charge in [-0.15, -0.1) is 0 Å². The summed E-state index contributed by atoms with van der Waals surface area (Å²) in [7, 11) is 4.05. The van der Waals surface area contributed by atoms with Crippen LogP contribution in [0.15, 0.2) is 6.20 Å². The second-order valence-electron chi connectivity index (χ2n) is 6.65. The minimum atomic E-state index is -0.646. The summed E-state index contributed by atoms with van der Waals surface area (Å²) in [5.74, 6) is 0. The third kappa shape index (κ3) is 3.59. The van der Waals surface area contributed by atoms with E-state index in [9.17, 15) is 5.11 Å². The Morgan fingerprint density at radius 3 is 2.57 bits per heavy atom. The SMILES string of the molecule is CN(C)CCn1ncc(Cl)c1C(O)C(C)(C)N1CCCC1. The predicted molar refractivity (Wildman–Crippen MR) is 85.6 cm³/mol. The maximum Gasteiger partial charge on any atom is 0.115 e. The average Bonchev–Trinajstić information content (AvgIpc) is 3.05. The second kappa shape index (κ2) is 6.65. The molecule has 1 atom stereocenters. The maximum atomic E-state index is 10.9. The fourth-order valence-electron chi connectivity index (χ4n) is 2.92. The smallest absolute Gasteiger partial charge is 0.115 e. The van der Waals surface area contributed by atoms with Crippen molar-refractivity contribution in [3.05, 3.63) is 16.9 Å². The number of nitrogens with zero attached hydrogens (tertiary/aromatic N) is 4. The molecule has 120 valence electrons. The Morgan fingerprint density at radius 1 is 1.38 bits per heavy atom. The van der Waals surface area contributed by atoms with Crippen molar-refractivity contribution >= 4 is 11.6 Å². The Labute approximate surface area is 132 Å². The lowest BCUT2D eigenvalue weighted by molar-refractivity contribution is -0.00394. The minimum Gasteiger partial charge on any atom is -0.385 e. The van der Waals surface area contributed by atoms with Crippen LogP contribution >= 0.6 is 11.6 Å². The lowest BCUT2D eigenvalue weighted by atomic mass is 9.92. The molecule has 1 saturated heterocycles. The van der Waals surface area contributed by atoms with Gasteiger partial charge in [0.1, 0.15) is 6.10 Å². The number of hydrogen-bond acceptors (Lipinski definition) is 4. The first-order valence-corrected chi connectivity index (χ1v) is 8.01. The van der Waals surface area contributed by atoms with E-state index in [-0.39, 0.29) is 5.54 Å². The third-order valence-corrected chi connectivity index (χ3v) is 4.73. The highest BCUT2D eigenvalue weighted by atomic mass is 35.5. The van der Waals surface area contributed by atoms with Crippen molar-refractivity contribution in [1.82, 2.24) is 19.6 Å². The van der Waals surface area contributed by atoms with Crippen LogP contribution in [-0.2, 0) is 6.54 Å². The summed E-state index contributed by atoms with van der Waals surface area (Å²) in [6.07, 6.45) is 3.39. The van der Waals surface area contributed by atoms with E-state index in [4.69, 9.17) is 11.6 Å². The van der Waals surface area contributed by atoms with E-state index in [1.54, 1.807) is 6.20 Å². The normalized spacial score (nSPS) is 18.6. The summed E-state index contributed by atoms with van der Waals surface area (Å²) in [6.45, 7) is 7.83. The van der Waals surface area contributed by atoms with E-state index in [2.05, 4.69) is 28.7 Å². The van der Waals surface area contributed by atoms with Crippen LogP contribution in [0.25, 0.3) is 0 Å². The summed E-state index contributed by atoms with van der Waals surface area (Å²) in [5.41, 5.74) is 0.395. The van der Waals surface area contributed by atoms with Crippen molar-refractivity contribution in [3.63, 3.8) is 0 Å². The molecule has 2 heterocycles. The van der Waals surface area contributed by atoms with Gasteiger partial charge < -0.3 is 10.0 Å². The summed E-state index contributed by atoms with van der Waals surface area (Å²) in [4.78, 5) is 4.44. The van der Waals surface area contributed by atoms with E-state index in [1.165, 1.54) is 12.8 Å². The van der Waals surface area contributed by atoms with Crippen molar-refractivity contribution in [1.29, 1.82) is 0 Å². The molecular weight excluding hydrogens is 288 g/mol. The highest BCUT2D eigenvalue weighted by Crippen LogP contribution is 2.36. The Bertz CT molecular complexity index is 466. The zero-order chi connectivity index (χ0) is 15.6. The van der Waals surface area contributed by atoms with E-state index in [0.717, 1.165) is 31.9 Å². The van der Waals surface area contributed by atoms with Crippen LogP contribution in [0.1, 0.15) is 38.5 Å². The fourth-order valence-corrected chi connectivity index (χ4v) is 3.16. The molecule has 1 fully saturated rings. The molecule has 21 heavy (non-hydrogen) atoms. The summed E-state index contributed by atoms with van der Waals surface area (Å²) >= 11 is 6.29. The Kier molecular flexibility index (Phi) is 5.30. The van der Waals surface area contributed by atoms with E-state index >= 15 is 0 Å². The zero-order valence-electron chi connectivity index (χ0n) is 13.5. The van der Waals surface area contributed by atoms with E-state index < -0.39 is 6.10 Å². The van der Waals surface area contributed by atoms with Gasteiger partial charge in [0.2, 0.25) is 0 Å². The molecule has 0 saturated carbocycles. The van der Waals surface area contributed by atoms with Gasteiger partial charge in [0.15, 0.2) is 0 Å². The van der Waals surface area contributed by atoms with Gasteiger partial charge in [0.25, 0.3) is 0 Å². The Morgan fingerprint density at radius 2 is 2.00 bits per heavy atom. The first-order chi connectivity index (χ1) is 9.84. The molecule has 5 nitrogen and oxygen atoms in total. The highest BCUT2D eigenvalue weighted by molar-refractivity contribution is 6.31. The molecule has 0 amide bonds. The summed E-state index contributed by atoms with van der Waals surface area (Å²) < 4.78 is 1.84. The number of aromatic nitrogens is 2. The first kappa shape index (κ1) is 16.7. The van der Waals surface area contributed by atoms with Crippen LogP contribution in [0.4, 0.5) is 0 Å². The maximum absolute atomic E-state index is 10.9. The topological polar surface area (TPSA) is 44.5 Å². The van der Waals surface area contributed by atoms with Gasteiger partial charge in [-0.2, -0.15) is 5.10 Å². The van der Waals surface area contributed by atoms with Crippen LogP contribution in [-0.4, -0.2) is 64.0 Å². The van der Waals surface area contributed by atoms with Crippen LogP contribution in [0.3, 0.4) is 0 Å². The van der Waals surface area contributed by atoms with Gasteiger partial charge in [-0.1, -0.05) is 11.6 Å². The molecule has 1 N–H and O–H groups in total. The summed E-state index contributed by atoms with van der Waals surface area (Å²) in [5, 5.41) is 15.8. The van der Waals surface area contributed by atoms with Crippen LogP contribution in [0.2, 0.25) is 5.02 Å². The first-order valence-electron chi connectivity index (χ1n) is 7.63. The molecule has 6 heteroatoms. The van der Waals surface area contributed by atoms with Gasteiger partial charge in [0, 0.05) is 12.1 Å². The Balaban J connectivity index is 2.21. The lowest BCUT2D eigenvalue weighted by Crippen LogP contribution is -2.47. The largest absolute Gasteiger partial charge is 0.385 e. The molecule has 1 unspecified atom stereocenters. The molecule has 0 aliphatic carbocycles. The fraction of sp³-hybridized carbons (Fsp3) is 0.800. The molecule has 1 aromatic rings. The van der Waals surface area contributed by atoms with Crippen LogP contribution < -0.4 is 0 Å². The van der Waals surface area contributed by atoms with Gasteiger partial charge in [0.05, 0.1) is 23.5 Å². The monoisotopic (exact) mass is 314 g/mol. The number of aliphatic hydroxyl groups excluding tert-OH is 1. The molecule has 0 bridgehead atoms. The molecule has 1 aromatic heterocycles. The third-order valence-electron chi connectivity index (χ3n) is 4.44. The predicted octanol–water partition coefficient (Wildman–Crippen LogP) is 2.01. The molecule has 0 aromatic carbocycles. The van der Waals surface area contributed by atoms with Crippen LogP contribution in [0.5, 0.6) is 0 Å². The molecule has 0 radical (unpaired) electrons. The molecule has 1 aliphatic heterocycles.